The van der Waals surface area contributed by atoms with Gasteiger partial charge >= 0.3 is 0 Å². The van der Waals surface area contributed by atoms with Crippen LogP contribution in [-0.2, 0) is 10.0 Å². The molecule has 7 nitrogen and oxygen atoms in total. The maximum Gasteiger partial charge on any atom is 0.250 e. The second kappa shape index (κ2) is 7.50. The third-order valence-corrected chi connectivity index (χ3v) is 6.17. The van der Waals surface area contributed by atoms with Gasteiger partial charge in [0.15, 0.2) is 0 Å². The van der Waals surface area contributed by atoms with Crippen molar-refractivity contribution in [2.24, 2.45) is 0 Å². The molecule has 8 heteroatoms. The van der Waals surface area contributed by atoms with Crippen LogP contribution in [0.1, 0.15) is 30.2 Å². The van der Waals surface area contributed by atoms with E-state index >= 15 is 0 Å². The zero-order valence-electron chi connectivity index (χ0n) is 14.6. The summed E-state index contributed by atoms with van der Waals surface area (Å²) in [5, 5.41) is 9.43. The lowest BCUT2D eigenvalue weighted by atomic mass is 9.98. The lowest BCUT2D eigenvalue weighted by Gasteiger charge is -2.28. The molecule has 3 heterocycles. The Kier molecular flexibility index (Phi) is 4.91. The molecule has 2 aromatic heterocycles. The van der Waals surface area contributed by atoms with Gasteiger partial charge in [-0.2, -0.15) is 4.31 Å². The van der Waals surface area contributed by atoms with E-state index in [4.69, 9.17) is 8.83 Å². The van der Waals surface area contributed by atoms with Crippen LogP contribution in [0, 0.1) is 0 Å². The lowest BCUT2D eigenvalue weighted by Crippen LogP contribution is -2.36. The topological polar surface area (TPSA) is 89.4 Å². The number of furan rings is 1. The Morgan fingerprint density at radius 2 is 1.85 bits per heavy atom. The van der Waals surface area contributed by atoms with E-state index in [0.29, 0.717) is 37.7 Å². The van der Waals surface area contributed by atoms with Crippen LogP contribution in [0.2, 0.25) is 0 Å². The normalized spacial score (nSPS) is 16.9. The fourth-order valence-electron chi connectivity index (χ4n) is 3.07. The van der Waals surface area contributed by atoms with Crippen molar-refractivity contribution in [2.75, 3.05) is 13.1 Å². The Balaban J connectivity index is 1.39. The van der Waals surface area contributed by atoms with Crippen molar-refractivity contribution < 1.29 is 17.3 Å². The zero-order valence-corrected chi connectivity index (χ0v) is 15.4. The average Bonchev–Trinajstić information content (AvgIpc) is 3.39. The average molecular weight is 385 g/mol. The van der Waals surface area contributed by atoms with E-state index < -0.39 is 10.0 Å². The fourth-order valence-corrected chi connectivity index (χ4v) is 4.30. The van der Waals surface area contributed by atoms with Gasteiger partial charge in [0.1, 0.15) is 6.26 Å². The van der Waals surface area contributed by atoms with E-state index in [2.05, 4.69) is 10.2 Å². The number of sulfonamides is 1. The van der Waals surface area contributed by atoms with Gasteiger partial charge in [0.2, 0.25) is 15.9 Å². The molecule has 0 atom stereocenters. The number of hydrogen-bond donors (Lipinski definition) is 0. The molecule has 0 aliphatic carbocycles. The van der Waals surface area contributed by atoms with Crippen molar-refractivity contribution in [3.05, 3.63) is 65.8 Å². The van der Waals surface area contributed by atoms with Gasteiger partial charge in [0.25, 0.3) is 5.89 Å². The predicted octanol–water partition coefficient (Wildman–Crippen LogP) is 3.51. The van der Waals surface area contributed by atoms with E-state index in [1.165, 1.54) is 9.71 Å². The summed E-state index contributed by atoms with van der Waals surface area (Å²) >= 11 is 0. The number of aromatic nitrogens is 2. The van der Waals surface area contributed by atoms with Crippen molar-refractivity contribution in [1.29, 1.82) is 0 Å². The van der Waals surface area contributed by atoms with Gasteiger partial charge in [-0.3, -0.25) is 0 Å². The van der Waals surface area contributed by atoms with Gasteiger partial charge in [0, 0.05) is 24.4 Å². The number of nitrogens with zero attached hydrogens (tertiary/aromatic N) is 3. The van der Waals surface area contributed by atoms with Crippen LogP contribution in [0.5, 0.6) is 0 Å². The molecule has 1 saturated heterocycles. The first-order valence-corrected chi connectivity index (χ1v) is 10.2. The number of hydrogen-bond acceptors (Lipinski definition) is 6. The smallest absolute Gasteiger partial charge is 0.250 e. The van der Waals surface area contributed by atoms with Crippen molar-refractivity contribution in [3.63, 3.8) is 0 Å². The second-order valence-electron chi connectivity index (χ2n) is 6.39. The Labute approximate surface area is 157 Å². The molecule has 1 aliphatic heterocycles. The third-order valence-electron chi connectivity index (χ3n) is 4.60. The minimum Gasteiger partial charge on any atom is -0.472 e. The SMILES string of the molecule is O=S(=O)(/C=C/c1ccccc1)N1CCC(c2nnc(-c3ccoc3)o2)CC1. The molecule has 3 aromatic rings. The highest BCUT2D eigenvalue weighted by molar-refractivity contribution is 7.92. The fraction of sp³-hybridized carbons (Fsp3) is 0.263. The molecule has 27 heavy (non-hydrogen) atoms. The van der Waals surface area contributed by atoms with Crippen molar-refractivity contribution >= 4 is 16.1 Å². The summed E-state index contributed by atoms with van der Waals surface area (Å²) in [6.45, 7) is 0.852. The molecule has 0 saturated carbocycles. The lowest BCUT2D eigenvalue weighted by molar-refractivity contribution is 0.293. The minimum absolute atomic E-state index is 0.0581. The standard InChI is InChI=1S/C19H19N3O4S/c23-27(24,13-9-15-4-2-1-3-5-15)22-10-6-16(7-11-22)18-20-21-19(26-18)17-8-12-25-14-17/h1-5,8-9,12-14,16H,6-7,10-11H2/b13-9+. The summed E-state index contributed by atoms with van der Waals surface area (Å²) < 4.78 is 37.3. The molecule has 1 aromatic carbocycles. The van der Waals surface area contributed by atoms with Gasteiger partial charge in [-0.25, -0.2) is 8.42 Å². The van der Waals surface area contributed by atoms with Crippen LogP contribution >= 0.6 is 0 Å². The molecule has 1 aliphatic rings. The summed E-state index contributed by atoms with van der Waals surface area (Å²) in [6.07, 6.45) is 6.00. The van der Waals surface area contributed by atoms with Gasteiger partial charge in [0.05, 0.1) is 11.8 Å². The molecule has 0 N–H and O–H groups in total. The summed E-state index contributed by atoms with van der Waals surface area (Å²) in [6, 6.07) is 11.1. The Hall–Kier alpha value is -2.71. The number of rotatable bonds is 5. The molecular formula is C19H19N3O4S. The molecule has 0 unspecified atom stereocenters. The number of piperidine rings is 1. The van der Waals surface area contributed by atoms with Crippen molar-refractivity contribution in [3.8, 4) is 11.5 Å². The summed E-state index contributed by atoms with van der Waals surface area (Å²) in [7, 11) is -3.44. The molecule has 1 fully saturated rings. The monoisotopic (exact) mass is 385 g/mol. The highest BCUT2D eigenvalue weighted by Crippen LogP contribution is 2.30. The predicted molar refractivity (Wildman–Crippen MR) is 99.9 cm³/mol. The molecule has 0 bridgehead atoms. The summed E-state index contributed by atoms with van der Waals surface area (Å²) in [5.41, 5.74) is 1.59. The van der Waals surface area contributed by atoms with E-state index in [1.807, 2.05) is 30.3 Å². The van der Waals surface area contributed by atoms with E-state index in [0.717, 1.165) is 11.1 Å². The van der Waals surface area contributed by atoms with E-state index in [-0.39, 0.29) is 5.92 Å². The maximum atomic E-state index is 12.5. The Morgan fingerprint density at radius 1 is 1.07 bits per heavy atom. The first-order valence-electron chi connectivity index (χ1n) is 8.71. The number of benzene rings is 1. The quantitative estimate of drug-likeness (QED) is 0.668. The van der Waals surface area contributed by atoms with Crippen LogP contribution in [0.15, 0.2) is 63.2 Å². The molecule has 4 rings (SSSR count). The Morgan fingerprint density at radius 3 is 2.56 bits per heavy atom. The Bertz CT molecular complexity index is 1000. The van der Waals surface area contributed by atoms with Crippen LogP contribution in [0.4, 0.5) is 0 Å². The minimum atomic E-state index is -3.44. The van der Waals surface area contributed by atoms with Crippen LogP contribution in [0.3, 0.4) is 0 Å². The maximum absolute atomic E-state index is 12.5. The third kappa shape index (κ3) is 4.01. The highest BCUT2D eigenvalue weighted by atomic mass is 32.2. The highest BCUT2D eigenvalue weighted by Gasteiger charge is 2.30. The molecular weight excluding hydrogens is 366 g/mol. The molecule has 140 valence electrons. The van der Waals surface area contributed by atoms with Gasteiger partial charge in [-0.1, -0.05) is 30.3 Å². The summed E-state index contributed by atoms with van der Waals surface area (Å²) in [5.74, 6) is 1.02. The van der Waals surface area contributed by atoms with Gasteiger partial charge in [-0.15, -0.1) is 10.2 Å². The molecule has 0 amide bonds. The van der Waals surface area contributed by atoms with Crippen LogP contribution in [0.25, 0.3) is 17.5 Å². The molecule has 0 radical (unpaired) electrons. The molecule has 0 spiro atoms. The second-order valence-corrected chi connectivity index (χ2v) is 8.21. The van der Waals surface area contributed by atoms with Crippen LogP contribution in [-0.4, -0.2) is 36.0 Å². The largest absolute Gasteiger partial charge is 0.472 e. The van der Waals surface area contributed by atoms with Crippen molar-refractivity contribution in [2.45, 2.75) is 18.8 Å². The van der Waals surface area contributed by atoms with Gasteiger partial charge in [-0.05, 0) is 30.5 Å². The van der Waals surface area contributed by atoms with E-state index in [9.17, 15) is 8.42 Å². The van der Waals surface area contributed by atoms with E-state index in [1.54, 1.807) is 24.7 Å². The first-order chi connectivity index (χ1) is 13.1. The first kappa shape index (κ1) is 17.7. The summed E-state index contributed by atoms with van der Waals surface area (Å²) in [4.78, 5) is 0. The zero-order chi connectivity index (χ0) is 18.7. The van der Waals surface area contributed by atoms with Crippen LogP contribution < -0.4 is 0 Å². The van der Waals surface area contributed by atoms with Gasteiger partial charge < -0.3 is 8.83 Å². The van der Waals surface area contributed by atoms with Crippen molar-refractivity contribution in [1.82, 2.24) is 14.5 Å².